The van der Waals surface area contributed by atoms with Crippen LogP contribution in [0.2, 0.25) is 0 Å². The van der Waals surface area contributed by atoms with Crippen LogP contribution >= 0.6 is 0 Å². The lowest BCUT2D eigenvalue weighted by molar-refractivity contribution is -0.114. The monoisotopic (exact) mass is 203 g/mol. The van der Waals surface area contributed by atoms with E-state index in [-0.39, 0.29) is 5.91 Å². The Morgan fingerprint density at radius 2 is 2.40 bits per heavy atom. The van der Waals surface area contributed by atoms with Gasteiger partial charge in [-0.05, 0) is 18.2 Å². The third-order valence-corrected chi connectivity index (χ3v) is 2.52. The van der Waals surface area contributed by atoms with Gasteiger partial charge in [0.15, 0.2) is 5.82 Å². The van der Waals surface area contributed by atoms with E-state index in [0.29, 0.717) is 6.54 Å². The molecule has 0 spiro atoms. The van der Waals surface area contributed by atoms with Crippen LogP contribution in [0.1, 0.15) is 0 Å². The zero-order chi connectivity index (χ0) is 10.8. The number of likely N-dealkylation sites (N-methyl/N-ethyl adjacent to an activating group) is 1. The van der Waals surface area contributed by atoms with Gasteiger partial charge in [0.25, 0.3) is 5.91 Å². The van der Waals surface area contributed by atoms with Crippen molar-refractivity contribution in [2.45, 2.75) is 0 Å². The van der Waals surface area contributed by atoms with Crippen LogP contribution in [0.4, 0.5) is 11.5 Å². The molecule has 0 saturated carbocycles. The number of nitrogens with zero attached hydrogens (tertiary/aromatic N) is 3. The lowest BCUT2D eigenvalue weighted by atomic mass is 10.2. The molecule has 0 atom stereocenters. The summed E-state index contributed by atoms with van der Waals surface area (Å²) < 4.78 is 0. The first-order valence-corrected chi connectivity index (χ1v) is 4.84. The van der Waals surface area contributed by atoms with Crippen LogP contribution in [0.5, 0.6) is 0 Å². The molecule has 4 heteroatoms. The van der Waals surface area contributed by atoms with Gasteiger partial charge < -0.3 is 9.80 Å². The molecule has 1 aliphatic heterocycles. The number of aromatic nitrogens is 1. The zero-order valence-electron chi connectivity index (χ0n) is 8.68. The summed E-state index contributed by atoms with van der Waals surface area (Å²) in [4.78, 5) is 19.6. The van der Waals surface area contributed by atoms with Gasteiger partial charge in [0.2, 0.25) is 0 Å². The first-order valence-electron chi connectivity index (χ1n) is 4.84. The maximum absolute atomic E-state index is 11.6. The van der Waals surface area contributed by atoms with Crippen molar-refractivity contribution in [1.29, 1.82) is 0 Å². The van der Waals surface area contributed by atoms with Crippen LogP contribution in [0, 0.1) is 0 Å². The molecule has 1 amide bonds. The highest BCUT2D eigenvalue weighted by Crippen LogP contribution is 2.29. The highest BCUT2D eigenvalue weighted by Gasteiger charge is 2.23. The molecule has 1 aromatic rings. The van der Waals surface area contributed by atoms with Crippen molar-refractivity contribution in [2.75, 3.05) is 29.9 Å². The van der Waals surface area contributed by atoms with Crippen molar-refractivity contribution >= 4 is 17.4 Å². The Hall–Kier alpha value is -1.84. The van der Waals surface area contributed by atoms with E-state index in [4.69, 9.17) is 0 Å². The maximum Gasteiger partial charge on any atom is 0.250 e. The summed E-state index contributed by atoms with van der Waals surface area (Å²) in [5, 5.41) is 0. The number of pyridine rings is 1. The van der Waals surface area contributed by atoms with Crippen molar-refractivity contribution in [3.63, 3.8) is 0 Å². The van der Waals surface area contributed by atoms with E-state index in [1.165, 1.54) is 6.08 Å². The van der Waals surface area contributed by atoms with E-state index in [0.717, 1.165) is 18.1 Å². The standard InChI is InChI=1S/C11H13N3O/c1-3-10(15)14-8-7-13(2)11-9(14)5-4-6-12-11/h3-6H,1,7-8H2,2H3. The highest BCUT2D eigenvalue weighted by molar-refractivity contribution is 6.03. The summed E-state index contributed by atoms with van der Waals surface area (Å²) >= 11 is 0. The van der Waals surface area contributed by atoms with Crippen molar-refractivity contribution in [2.24, 2.45) is 0 Å². The lowest BCUT2D eigenvalue weighted by Gasteiger charge is -2.33. The van der Waals surface area contributed by atoms with Gasteiger partial charge in [-0.1, -0.05) is 6.58 Å². The smallest absolute Gasteiger partial charge is 0.250 e. The van der Waals surface area contributed by atoms with Gasteiger partial charge in [-0.3, -0.25) is 4.79 Å². The summed E-state index contributed by atoms with van der Waals surface area (Å²) in [6, 6.07) is 3.74. The maximum atomic E-state index is 11.6. The van der Waals surface area contributed by atoms with E-state index in [1.807, 2.05) is 24.1 Å². The second kappa shape index (κ2) is 3.73. The van der Waals surface area contributed by atoms with Crippen molar-refractivity contribution in [1.82, 2.24) is 4.98 Å². The Morgan fingerprint density at radius 3 is 3.13 bits per heavy atom. The number of amides is 1. The fourth-order valence-electron chi connectivity index (χ4n) is 1.71. The van der Waals surface area contributed by atoms with Crippen molar-refractivity contribution in [3.05, 3.63) is 31.0 Å². The molecule has 0 fully saturated rings. The fraction of sp³-hybridized carbons (Fsp3) is 0.273. The minimum atomic E-state index is -0.0719. The van der Waals surface area contributed by atoms with E-state index >= 15 is 0 Å². The predicted octanol–water partition coefficient (Wildman–Crippen LogP) is 1.05. The predicted molar refractivity (Wildman–Crippen MR) is 60.1 cm³/mol. The number of hydrogen-bond donors (Lipinski definition) is 0. The Kier molecular flexibility index (Phi) is 2.41. The Bertz CT molecular complexity index is 403. The molecule has 0 bridgehead atoms. The van der Waals surface area contributed by atoms with Gasteiger partial charge in [0.05, 0.1) is 5.69 Å². The number of carbonyl (C=O) groups excluding carboxylic acids is 1. The van der Waals surface area contributed by atoms with Gasteiger partial charge in [0.1, 0.15) is 0 Å². The molecular weight excluding hydrogens is 190 g/mol. The van der Waals surface area contributed by atoms with Gasteiger partial charge in [-0.2, -0.15) is 0 Å². The van der Waals surface area contributed by atoms with E-state index in [9.17, 15) is 4.79 Å². The molecule has 0 radical (unpaired) electrons. The molecule has 0 aliphatic carbocycles. The average Bonchev–Trinajstić information content (AvgIpc) is 2.29. The SMILES string of the molecule is C=CC(=O)N1CCN(C)c2ncccc21. The van der Waals surface area contributed by atoms with E-state index < -0.39 is 0 Å². The molecule has 2 rings (SSSR count). The number of carbonyl (C=O) groups is 1. The third-order valence-electron chi connectivity index (χ3n) is 2.52. The molecule has 78 valence electrons. The van der Waals surface area contributed by atoms with Gasteiger partial charge in [-0.25, -0.2) is 4.98 Å². The number of rotatable bonds is 1. The van der Waals surface area contributed by atoms with Gasteiger partial charge in [-0.15, -0.1) is 0 Å². The van der Waals surface area contributed by atoms with Crippen LogP contribution in [-0.2, 0) is 4.79 Å². The molecular formula is C11H13N3O. The van der Waals surface area contributed by atoms with Crippen molar-refractivity contribution < 1.29 is 4.79 Å². The lowest BCUT2D eigenvalue weighted by Crippen LogP contribution is -2.42. The van der Waals surface area contributed by atoms with Gasteiger partial charge in [0, 0.05) is 26.3 Å². The topological polar surface area (TPSA) is 36.4 Å². The molecule has 0 N–H and O–H groups in total. The quantitative estimate of drug-likeness (QED) is 0.640. The van der Waals surface area contributed by atoms with E-state index in [2.05, 4.69) is 11.6 Å². The minimum absolute atomic E-state index is 0.0719. The first-order chi connectivity index (χ1) is 7.24. The largest absolute Gasteiger partial charge is 0.356 e. The van der Waals surface area contributed by atoms with Crippen molar-refractivity contribution in [3.8, 4) is 0 Å². The second-order valence-electron chi connectivity index (χ2n) is 3.46. The molecule has 15 heavy (non-hydrogen) atoms. The Labute approximate surface area is 88.8 Å². The van der Waals surface area contributed by atoms with Gasteiger partial charge >= 0.3 is 0 Å². The number of hydrogen-bond acceptors (Lipinski definition) is 3. The Morgan fingerprint density at radius 1 is 1.60 bits per heavy atom. The summed E-state index contributed by atoms with van der Waals surface area (Å²) in [6.07, 6.45) is 3.07. The summed E-state index contributed by atoms with van der Waals surface area (Å²) in [6.45, 7) is 4.98. The normalized spacial score (nSPS) is 14.7. The van der Waals surface area contributed by atoms with Crippen LogP contribution in [-0.4, -0.2) is 31.0 Å². The molecule has 0 saturated heterocycles. The molecule has 1 aromatic heterocycles. The minimum Gasteiger partial charge on any atom is -0.356 e. The zero-order valence-corrected chi connectivity index (χ0v) is 8.68. The Balaban J connectivity index is 2.44. The second-order valence-corrected chi connectivity index (χ2v) is 3.46. The molecule has 1 aliphatic rings. The van der Waals surface area contributed by atoms with Crippen LogP contribution in [0.3, 0.4) is 0 Å². The third kappa shape index (κ3) is 1.58. The van der Waals surface area contributed by atoms with Crippen LogP contribution in [0.25, 0.3) is 0 Å². The summed E-state index contributed by atoms with van der Waals surface area (Å²) in [5.41, 5.74) is 0.858. The summed E-state index contributed by atoms with van der Waals surface area (Å²) in [5.74, 6) is 0.774. The number of anilines is 2. The van der Waals surface area contributed by atoms with E-state index in [1.54, 1.807) is 11.1 Å². The molecule has 2 heterocycles. The molecule has 0 unspecified atom stereocenters. The fourth-order valence-corrected chi connectivity index (χ4v) is 1.71. The number of fused-ring (bicyclic) bond motifs is 1. The summed E-state index contributed by atoms with van der Waals surface area (Å²) in [7, 11) is 1.97. The van der Waals surface area contributed by atoms with Crippen LogP contribution < -0.4 is 9.80 Å². The molecule has 4 nitrogen and oxygen atoms in total. The van der Waals surface area contributed by atoms with Crippen LogP contribution in [0.15, 0.2) is 31.0 Å². The average molecular weight is 203 g/mol. The first kappa shape index (κ1) is 9.71. The molecule has 0 aromatic carbocycles. The highest BCUT2D eigenvalue weighted by atomic mass is 16.2.